The van der Waals surface area contributed by atoms with Gasteiger partial charge in [-0.3, -0.25) is 35.1 Å². The number of ether oxygens (including phenoxy) is 1. The van der Waals surface area contributed by atoms with Gasteiger partial charge in [-0.25, -0.2) is 9.69 Å². The van der Waals surface area contributed by atoms with Crippen LogP contribution >= 0.6 is 11.6 Å². The summed E-state index contributed by atoms with van der Waals surface area (Å²) in [5, 5.41) is 24.6. The fourth-order valence-corrected chi connectivity index (χ4v) is 3.54. The van der Waals surface area contributed by atoms with Crippen LogP contribution < -0.4 is 15.0 Å². The van der Waals surface area contributed by atoms with Gasteiger partial charge < -0.3 is 4.74 Å². The number of hydrogen-bond donors (Lipinski definition) is 1. The molecule has 4 rings (SSSR count). The lowest BCUT2D eigenvalue weighted by molar-refractivity contribution is -0.394. The van der Waals surface area contributed by atoms with E-state index in [1.54, 1.807) is 18.2 Å². The molecule has 13 heteroatoms. The topological polar surface area (TPSA) is 162 Å². The Bertz CT molecular complexity index is 1490. The van der Waals surface area contributed by atoms with E-state index in [0.29, 0.717) is 4.90 Å². The SMILES string of the molecule is O=C1NC(=O)N(c2ccccc2Cl)C(=O)/C1=C/c1ccccc1Oc1ccc([N+](=O)[O-])cc1[N+](=O)[O-]. The number of anilines is 1. The van der Waals surface area contributed by atoms with E-state index in [4.69, 9.17) is 16.3 Å². The van der Waals surface area contributed by atoms with Crippen LogP contribution in [0.4, 0.5) is 21.9 Å². The van der Waals surface area contributed by atoms with Crippen molar-refractivity contribution in [1.82, 2.24) is 5.32 Å². The molecule has 0 radical (unpaired) electrons. The Labute approximate surface area is 206 Å². The van der Waals surface area contributed by atoms with Crippen LogP contribution in [0.25, 0.3) is 6.08 Å². The van der Waals surface area contributed by atoms with Gasteiger partial charge in [0.15, 0.2) is 0 Å². The third-order valence-corrected chi connectivity index (χ3v) is 5.30. The zero-order chi connectivity index (χ0) is 26.0. The number of nitro groups is 2. The number of rotatable bonds is 6. The van der Waals surface area contributed by atoms with Crippen LogP contribution in [-0.4, -0.2) is 27.7 Å². The molecule has 1 saturated heterocycles. The molecule has 0 bridgehead atoms. The van der Waals surface area contributed by atoms with Gasteiger partial charge in [0, 0.05) is 11.6 Å². The van der Waals surface area contributed by atoms with Crippen LogP contribution in [0.3, 0.4) is 0 Å². The standard InChI is InChI=1S/C23H13ClN4O8/c24-16-6-2-3-7-17(16)26-22(30)15(21(29)25-23(26)31)11-13-5-1-4-8-19(13)36-20-10-9-14(27(32)33)12-18(20)28(34)35/h1-12H,(H,25,29,31)/b15-11+. The molecule has 4 amide bonds. The van der Waals surface area contributed by atoms with E-state index >= 15 is 0 Å². The number of nitro benzene ring substituents is 2. The van der Waals surface area contributed by atoms with Gasteiger partial charge in [-0.15, -0.1) is 0 Å². The second-order valence-electron chi connectivity index (χ2n) is 7.22. The minimum atomic E-state index is -0.985. The Morgan fingerprint density at radius 2 is 1.58 bits per heavy atom. The van der Waals surface area contributed by atoms with Crippen molar-refractivity contribution in [3.8, 4) is 11.5 Å². The van der Waals surface area contributed by atoms with Crippen LogP contribution in [0, 0.1) is 20.2 Å². The first-order valence-corrected chi connectivity index (χ1v) is 10.4. The minimum Gasteiger partial charge on any atom is -0.449 e. The van der Waals surface area contributed by atoms with Crippen LogP contribution in [0.2, 0.25) is 5.02 Å². The van der Waals surface area contributed by atoms with Gasteiger partial charge in [0.05, 0.1) is 26.6 Å². The van der Waals surface area contributed by atoms with Crippen molar-refractivity contribution in [3.63, 3.8) is 0 Å². The number of para-hydroxylation sites is 2. The van der Waals surface area contributed by atoms with Gasteiger partial charge >= 0.3 is 11.7 Å². The molecule has 180 valence electrons. The third-order valence-electron chi connectivity index (χ3n) is 4.98. The molecule has 1 fully saturated rings. The van der Waals surface area contributed by atoms with Crippen molar-refractivity contribution in [1.29, 1.82) is 0 Å². The van der Waals surface area contributed by atoms with Gasteiger partial charge in [-0.1, -0.05) is 41.9 Å². The van der Waals surface area contributed by atoms with Gasteiger partial charge in [-0.2, -0.15) is 0 Å². The number of amides is 4. The molecule has 3 aromatic carbocycles. The fraction of sp³-hybridized carbons (Fsp3) is 0. The number of benzene rings is 3. The van der Waals surface area contributed by atoms with E-state index in [0.717, 1.165) is 24.3 Å². The van der Waals surface area contributed by atoms with Crippen molar-refractivity contribution >= 4 is 52.6 Å². The number of carbonyl (C=O) groups is 3. The lowest BCUT2D eigenvalue weighted by Gasteiger charge is -2.27. The highest BCUT2D eigenvalue weighted by Gasteiger charge is 2.37. The Morgan fingerprint density at radius 1 is 0.889 bits per heavy atom. The van der Waals surface area contributed by atoms with Gasteiger partial charge in [0.25, 0.3) is 17.5 Å². The zero-order valence-electron chi connectivity index (χ0n) is 17.9. The maximum atomic E-state index is 13.1. The molecule has 1 N–H and O–H groups in total. The van der Waals surface area contributed by atoms with E-state index in [2.05, 4.69) is 5.32 Å². The Hall–Kier alpha value is -5.10. The highest BCUT2D eigenvalue weighted by molar-refractivity contribution is 6.42. The van der Waals surface area contributed by atoms with E-state index in [1.807, 2.05) is 0 Å². The smallest absolute Gasteiger partial charge is 0.335 e. The van der Waals surface area contributed by atoms with E-state index in [1.165, 1.54) is 30.3 Å². The molecular weight excluding hydrogens is 496 g/mol. The van der Waals surface area contributed by atoms with Crippen LogP contribution in [-0.2, 0) is 9.59 Å². The number of nitrogens with zero attached hydrogens (tertiary/aromatic N) is 3. The van der Waals surface area contributed by atoms with Crippen LogP contribution in [0.5, 0.6) is 11.5 Å². The molecule has 0 unspecified atom stereocenters. The summed E-state index contributed by atoms with van der Waals surface area (Å²) in [5.41, 5.74) is -1.36. The predicted molar refractivity (Wildman–Crippen MR) is 127 cm³/mol. The summed E-state index contributed by atoms with van der Waals surface area (Å²) in [4.78, 5) is 59.6. The predicted octanol–water partition coefficient (Wildman–Crippen LogP) is 4.62. The van der Waals surface area contributed by atoms with Crippen molar-refractivity contribution in [2.45, 2.75) is 0 Å². The van der Waals surface area contributed by atoms with Crippen molar-refractivity contribution in [3.05, 3.63) is 103 Å². The Kier molecular flexibility index (Phi) is 6.44. The average Bonchev–Trinajstić information content (AvgIpc) is 2.83. The van der Waals surface area contributed by atoms with Crippen molar-refractivity contribution < 1.29 is 29.0 Å². The molecule has 3 aromatic rings. The van der Waals surface area contributed by atoms with Gasteiger partial charge in [-0.05, 0) is 30.3 Å². The molecule has 0 atom stereocenters. The van der Waals surface area contributed by atoms with Gasteiger partial charge in [0.2, 0.25) is 5.75 Å². The van der Waals surface area contributed by atoms with Crippen molar-refractivity contribution in [2.24, 2.45) is 0 Å². The maximum absolute atomic E-state index is 13.1. The molecule has 1 heterocycles. The lowest BCUT2D eigenvalue weighted by atomic mass is 10.1. The van der Waals surface area contributed by atoms with Crippen LogP contribution in [0.15, 0.2) is 72.3 Å². The number of barbiturate groups is 1. The first-order valence-electron chi connectivity index (χ1n) is 10.0. The summed E-state index contributed by atoms with van der Waals surface area (Å²) in [6.45, 7) is 0. The number of halogens is 1. The number of hydrogen-bond acceptors (Lipinski definition) is 8. The van der Waals surface area contributed by atoms with E-state index in [9.17, 15) is 34.6 Å². The van der Waals surface area contributed by atoms with Gasteiger partial charge in [0.1, 0.15) is 11.3 Å². The quantitative estimate of drug-likeness (QED) is 0.218. The summed E-state index contributed by atoms with van der Waals surface area (Å²) in [7, 11) is 0. The monoisotopic (exact) mass is 508 g/mol. The molecule has 0 saturated carbocycles. The number of nitrogens with one attached hydrogen (secondary N) is 1. The molecule has 0 aliphatic carbocycles. The molecule has 1 aliphatic rings. The molecule has 0 spiro atoms. The average molecular weight is 509 g/mol. The molecule has 1 aliphatic heterocycles. The number of carbonyl (C=O) groups excluding carboxylic acids is 3. The largest absolute Gasteiger partial charge is 0.449 e. The third kappa shape index (κ3) is 4.60. The summed E-state index contributed by atoms with van der Waals surface area (Å²) < 4.78 is 5.65. The van der Waals surface area contributed by atoms with E-state index in [-0.39, 0.29) is 27.8 Å². The first kappa shape index (κ1) is 24.0. The number of non-ortho nitro benzene ring substituents is 1. The first-order chi connectivity index (χ1) is 17.2. The number of imide groups is 2. The highest BCUT2D eigenvalue weighted by Crippen LogP contribution is 2.36. The lowest BCUT2D eigenvalue weighted by Crippen LogP contribution is -2.54. The normalized spacial score (nSPS) is 14.5. The van der Waals surface area contributed by atoms with E-state index < -0.39 is 44.6 Å². The summed E-state index contributed by atoms with van der Waals surface area (Å²) in [6.07, 6.45) is 1.15. The summed E-state index contributed by atoms with van der Waals surface area (Å²) >= 11 is 6.12. The second-order valence-corrected chi connectivity index (χ2v) is 7.62. The second kappa shape index (κ2) is 9.64. The molecule has 36 heavy (non-hydrogen) atoms. The Balaban J connectivity index is 1.74. The Morgan fingerprint density at radius 3 is 2.28 bits per heavy atom. The fourth-order valence-electron chi connectivity index (χ4n) is 3.32. The minimum absolute atomic E-state index is 0.00347. The zero-order valence-corrected chi connectivity index (χ0v) is 18.7. The highest BCUT2D eigenvalue weighted by atomic mass is 35.5. The summed E-state index contributed by atoms with van der Waals surface area (Å²) in [6, 6.07) is 13.9. The number of urea groups is 1. The van der Waals surface area contributed by atoms with Crippen LogP contribution in [0.1, 0.15) is 5.56 Å². The maximum Gasteiger partial charge on any atom is 0.335 e. The molecular formula is C23H13ClN4O8. The van der Waals surface area contributed by atoms with Crippen molar-refractivity contribution in [2.75, 3.05) is 4.90 Å². The molecule has 0 aromatic heterocycles. The summed E-state index contributed by atoms with van der Waals surface area (Å²) in [5.74, 6) is -2.22. The molecule has 12 nitrogen and oxygen atoms in total.